The molecule has 2 rings (SSSR count). The summed E-state index contributed by atoms with van der Waals surface area (Å²) >= 11 is -1.18. The van der Waals surface area contributed by atoms with Gasteiger partial charge in [0.1, 0.15) is 0 Å². The van der Waals surface area contributed by atoms with Crippen molar-refractivity contribution < 1.29 is 12.4 Å². The number of nitrogens with zero attached hydrogens (tertiary/aromatic N) is 2. The molecule has 0 amide bonds. The number of aromatic nitrogens is 2. The second kappa shape index (κ2) is 5.42. The molecule has 2 aromatic heterocycles. The van der Waals surface area contributed by atoms with Crippen LogP contribution in [0.15, 0.2) is 48.8 Å². The summed E-state index contributed by atoms with van der Waals surface area (Å²) in [6, 6.07) is 12.4. The number of rotatable bonds is 4. The van der Waals surface area contributed by atoms with E-state index >= 15 is 0 Å². The van der Waals surface area contributed by atoms with Crippen molar-refractivity contribution in [2.24, 2.45) is 0 Å². The van der Waals surface area contributed by atoms with Gasteiger partial charge in [0, 0.05) is 0 Å². The Morgan fingerprint density at radius 2 is 1.29 bits per heavy atom. The molecule has 0 bridgehead atoms. The molecule has 0 unspecified atom stereocenters. The van der Waals surface area contributed by atoms with Gasteiger partial charge < -0.3 is 0 Å². The van der Waals surface area contributed by atoms with Crippen molar-refractivity contribution in [1.29, 1.82) is 0 Å². The van der Waals surface area contributed by atoms with Crippen LogP contribution < -0.4 is 9.33 Å². The zero-order valence-electron chi connectivity index (χ0n) is 10.2. The summed E-state index contributed by atoms with van der Waals surface area (Å²) in [7, 11) is 0. The molecule has 0 aliphatic rings. The van der Waals surface area contributed by atoms with Gasteiger partial charge in [0.2, 0.25) is 0 Å². The van der Waals surface area contributed by atoms with Gasteiger partial charge in [-0.3, -0.25) is 0 Å². The third-order valence-electron chi connectivity index (χ3n) is 2.60. The first-order valence-electron chi connectivity index (χ1n) is 5.72. The number of hydrogen-bond donors (Lipinski definition) is 0. The number of hydrogen-bond acceptors (Lipinski definition) is 2. The van der Waals surface area contributed by atoms with E-state index in [-0.39, 0.29) is 0 Å². The van der Waals surface area contributed by atoms with Crippen molar-refractivity contribution in [3.05, 3.63) is 48.8 Å². The molecule has 94 valence electrons. The first kappa shape index (κ1) is 12.3. The number of pyridine rings is 2. The summed E-state index contributed by atoms with van der Waals surface area (Å²) in [5.41, 5.74) is 0. The molecule has 0 N–H and O–H groups in total. The summed E-state index contributed by atoms with van der Waals surface area (Å²) in [4.78, 5) is 9.14. The van der Waals surface area contributed by atoms with E-state index in [9.17, 15) is 0 Å². The minimum atomic E-state index is -1.18. The zero-order chi connectivity index (χ0) is 12.1. The van der Waals surface area contributed by atoms with Crippen molar-refractivity contribution in [3.63, 3.8) is 0 Å². The molecular weight excluding hydrogens is 255 g/mol. The van der Waals surface area contributed by atoms with Crippen LogP contribution in [0.5, 0.6) is 0 Å². The Morgan fingerprint density at radius 3 is 1.59 bits per heavy atom. The van der Waals surface area contributed by atoms with E-state index in [1.807, 2.05) is 24.5 Å². The van der Waals surface area contributed by atoms with E-state index < -0.39 is 12.4 Å². The standard InChI is InChI=1S/2C5H4N.2C2H5.Ni/c2*1-2-4-6-5-3-1;2*1-2;/h2*1-4H;2*1H2,2H3;. The summed E-state index contributed by atoms with van der Waals surface area (Å²) in [6.07, 6.45) is 3.77. The van der Waals surface area contributed by atoms with Gasteiger partial charge in [-0.05, 0) is 0 Å². The molecular formula is C14H18N2Ni. The molecule has 3 heteroatoms. The van der Waals surface area contributed by atoms with E-state index in [1.54, 1.807) is 0 Å². The van der Waals surface area contributed by atoms with Crippen LogP contribution in [-0.2, 0) is 12.4 Å². The van der Waals surface area contributed by atoms with Gasteiger partial charge >= 0.3 is 105 Å². The summed E-state index contributed by atoms with van der Waals surface area (Å²) in [5.74, 6) is 0. The van der Waals surface area contributed by atoms with Crippen molar-refractivity contribution >= 4 is 9.33 Å². The van der Waals surface area contributed by atoms with Gasteiger partial charge in [0.15, 0.2) is 0 Å². The summed E-state index contributed by atoms with van der Waals surface area (Å²) in [6.45, 7) is 4.49. The molecule has 0 saturated carbocycles. The predicted octanol–water partition coefficient (Wildman–Crippen LogP) is 2.46. The second-order valence-corrected chi connectivity index (χ2v) is 7.92. The topological polar surface area (TPSA) is 25.8 Å². The van der Waals surface area contributed by atoms with E-state index in [0.29, 0.717) is 0 Å². The van der Waals surface area contributed by atoms with Crippen LogP contribution in [0.4, 0.5) is 0 Å². The van der Waals surface area contributed by atoms with Crippen LogP contribution in [-0.4, -0.2) is 9.97 Å². The van der Waals surface area contributed by atoms with E-state index in [2.05, 4.69) is 48.1 Å². The first-order chi connectivity index (χ1) is 8.33. The SMILES string of the molecule is C[CH2][Ni]([CH2]C)([c]1ccccn1)[c]1ccccn1. The van der Waals surface area contributed by atoms with Crippen molar-refractivity contribution in [1.82, 2.24) is 9.97 Å². The molecule has 0 aliphatic carbocycles. The van der Waals surface area contributed by atoms with E-state index in [0.717, 1.165) is 10.8 Å². The van der Waals surface area contributed by atoms with Crippen LogP contribution in [0.3, 0.4) is 0 Å². The predicted molar refractivity (Wildman–Crippen MR) is 68.7 cm³/mol. The van der Waals surface area contributed by atoms with Gasteiger partial charge in [-0.15, -0.1) is 0 Å². The van der Waals surface area contributed by atoms with Crippen molar-refractivity contribution in [2.45, 2.75) is 24.6 Å². The zero-order valence-corrected chi connectivity index (χ0v) is 11.2. The Morgan fingerprint density at radius 1 is 0.824 bits per heavy atom. The maximum atomic E-state index is 4.57. The fraction of sp³-hybridized carbons (Fsp3) is 0.286. The van der Waals surface area contributed by atoms with Gasteiger partial charge in [0.05, 0.1) is 0 Å². The third kappa shape index (κ3) is 2.25. The van der Waals surface area contributed by atoms with Gasteiger partial charge in [-0.25, -0.2) is 0 Å². The molecule has 0 aliphatic heterocycles. The molecule has 0 spiro atoms. The van der Waals surface area contributed by atoms with Crippen LogP contribution in [0, 0.1) is 0 Å². The Hall–Kier alpha value is -1.21. The maximum absolute atomic E-state index is 4.57. The first-order valence-corrected chi connectivity index (χ1v) is 8.10. The Kier molecular flexibility index (Phi) is 3.91. The fourth-order valence-electron chi connectivity index (χ4n) is 1.72. The van der Waals surface area contributed by atoms with Crippen LogP contribution >= 0.6 is 0 Å². The minimum absolute atomic E-state index is 1.11. The second-order valence-electron chi connectivity index (χ2n) is 3.37. The van der Waals surface area contributed by atoms with Crippen LogP contribution in [0.25, 0.3) is 0 Å². The molecule has 0 atom stereocenters. The van der Waals surface area contributed by atoms with Gasteiger partial charge in [-0.1, -0.05) is 0 Å². The molecule has 2 nitrogen and oxygen atoms in total. The summed E-state index contributed by atoms with van der Waals surface area (Å²) < 4.78 is 2.42. The van der Waals surface area contributed by atoms with Gasteiger partial charge in [-0.2, -0.15) is 0 Å². The Bertz CT molecular complexity index is 411. The fourth-order valence-corrected chi connectivity index (χ4v) is 5.36. The average molecular weight is 273 g/mol. The molecule has 0 radical (unpaired) electrons. The summed E-state index contributed by atoms with van der Waals surface area (Å²) in [5, 5.41) is 2.21. The van der Waals surface area contributed by atoms with Crippen molar-refractivity contribution in [3.8, 4) is 0 Å². The quantitative estimate of drug-likeness (QED) is 0.800. The van der Waals surface area contributed by atoms with E-state index in [4.69, 9.17) is 0 Å². The third-order valence-corrected chi connectivity index (χ3v) is 7.51. The molecule has 0 fully saturated rings. The Labute approximate surface area is 105 Å². The van der Waals surface area contributed by atoms with Crippen LogP contribution in [0.2, 0.25) is 10.8 Å². The molecule has 0 aromatic carbocycles. The van der Waals surface area contributed by atoms with E-state index in [1.165, 1.54) is 9.33 Å². The van der Waals surface area contributed by atoms with Gasteiger partial charge in [0.25, 0.3) is 0 Å². The Balaban J connectivity index is 2.54. The molecule has 0 saturated heterocycles. The monoisotopic (exact) mass is 272 g/mol. The van der Waals surface area contributed by atoms with Crippen LogP contribution in [0.1, 0.15) is 13.8 Å². The molecule has 2 aromatic rings. The van der Waals surface area contributed by atoms with Crippen molar-refractivity contribution in [2.75, 3.05) is 0 Å². The molecule has 17 heavy (non-hydrogen) atoms. The molecule has 2 heterocycles. The normalized spacial score (nSPS) is 12.4. The average Bonchev–Trinajstić information content (AvgIpc) is 2.43.